The maximum atomic E-state index is 11.2. The maximum Gasteiger partial charge on any atom is 0.224 e. The quantitative estimate of drug-likeness (QED) is 0.868. The molecule has 0 aliphatic heterocycles. The van der Waals surface area contributed by atoms with Crippen molar-refractivity contribution >= 4 is 23.1 Å². The Balaban J connectivity index is 2.01. The number of amides is 1. The lowest BCUT2D eigenvalue weighted by Gasteiger charge is -2.05. The zero-order valence-corrected chi connectivity index (χ0v) is 10.4. The van der Waals surface area contributed by atoms with Crippen molar-refractivity contribution in [1.82, 2.24) is 5.16 Å². The number of hydrogen-bond acceptors (Lipinski definition) is 4. The molecule has 0 aliphatic rings. The standard InChI is InChI=1S/C13H15N3O2/c1-3-13(17)15-11-6-4-10(5-7-11)14-12-8-9(2)18-16-12/h4-8H,3H2,1-2H3,(H,14,16)(H,15,17). The Hall–Kier alpha value is -2.30. The van der Waals surface area contributed by atoms with Gasteiger partial charge in [-0.1, -0.05) is 12.1 Å². The Labute approximate surface area is 105 Å². The summed E-state index contributed by atoms with van der Waals surface area (Å²) in [5, 5.41) is 9.73. The highest BCUT2D eigenvalue weighted by atomic mass is 16.5. The van der Waals surface area contributed by atoms with Crippen molar-refractivity contribution in [2.75, 3.05) is 10.6 Å². The van der Waals surface area contributed by atoms with Crippen molar-refractivity contribution in [1.29, 1.82) is 0 Å². The summed E-state index contributed by atoms with van der Waals surface area (Å²) in [7, 11) is 0. The summed E-state index contributed by atoms with van der Waals surface area (Å²) in [5.74, 6) is 1.42. The lowest BCUT2D eigenvalue weighted by atomic mass is 10.2. The number of anilines is 3. The molecule has 2 aromatic rings. The molecule has 5 heteroatoms. The molecule has 0 saturated carbocycles. The Bertz CT molecular complexity index is 531. The number of benzene rings is 1. The number of nitrogens with one attached hydrogen (secondary N) is 2. The van der Waals surface area contributed by atoms with E-state index in [4.69, 9.17) is 4.52 Å². The molecule has 1 aromatic heterocycles. The fourth-order valence-electron chi connectivity index (χ4n) is 1.46. The Morgan fingerprint density at radius 3 is 2.50 bits per heavy atom. The van der Waals surface area contributed by atoms with E-state index in [0.717, 1.165) is 17.1 Å². The predicted molar refractivity (Wildman–Crippen MR) is 69.9 cm³/mol. The SMILES string of the molecule is CCC(=O)Nc1ccc(Nc2cc(C)on2)cc1. The molecule has 0 aliphatic carbocycles. The Morgan fingerprint density at radius 1 is 1.28 bits per heavy atom. The molecule has 0 fully saturated rings. The molecule has 0 bridgehead atoms. The lowest BCUT2D eigenvalue weighted by molar-refractivity contribution is -0.115. The second-order valence-corrected chi connectivity index (χ2v) is 3.93. The molecular weight excluding hydrogens is 230 g/mol. The van der Waals surface area contributed by atoms with E-state index < -0.39 is 0 Å². The van der Waals surface area contributed by atoms with Crippen LogP contribution in [0.5, 0.6) is 0 Å². The molecule has 1 aromatic carbocycles. The third-order valence-corrected chi connectivity index (χ3v) is 2.39. The molecule has 0 spiro atoms. The number of nitrogens with zero attached hydrogens (tertiary/aromatic N) is 1. The highest BCUT2D eigenvalue weighted by Crippen LogP contribution is 2.18. The summed E-state index contributed by atoms with van der Waals surface area (Å²) in [6.07, 6.45) is 0.470. The fourth-order valence-corrected chi connectivity index (χ4v) is 1.46. The maximum absolute atomic E-state index is 11.2. The highest BCUT2D eigenvalue weighted by molar-refractivity contribution is 5.90. The second-order valence-electron chi connectivity index (χ2n) is 3.93. The van der Waals surface area contributed by atoms with Crippen LogP contribution in [0.3, 0.4) is 0 Å². The number of aromatic nitrogens is 1. The first kappa shape index (κ1) is 12.2. The summed E-state index contributed by atoms with van der Waals surface area (Å²) in [4.78, 5) is 11.2. The van der Waals surface area contributed by atoms with E-state index in [9.17, 15) is 4.79 Å². The first-order chi connectivity index (χ1) is 8.67. The smallest absolute Gasteiger partial charge is 0.224 e. The van der Waals surface area contributed by atoms with Crippen LogP contribution in [0.4, 0.5) is 17.2 Å². The van der Waals surface area contributed by atoms with Crippen LogP contribution < -0.4 is 10.6 Å². The third-order valence-electron chi connectivity index (χ3n) is 2.39. The van der Waals surface area contributed by atoms with E-state index in [-0.39, 0.29) is 5.91 Å². The van der Waals surface area contributed by atoms with Gasteiger partial charge >= 0.3 is 0 Å². The fraction of sp³-hybridized carbons (Fsp3) is 0.231. The molecular formula is C13H15N3O2. The van der Waals surface area contributed by atoms with Crippen molar-refractivity contribution in [3.8, 4) is 0 Å². The topological polar surface area (TPSA) is 67.2 Å². The van der Waals surface area contributed by atoms with Crippen LogP contribution in [-0.2, 0) is 4.79 Å². The number of aryl methyl sites for hydroxylation is 1. The summed E-state index contributed by atoms with van der Waals surface area (Å²) in [6.45, 7) is 3.65. The van der Waals surface area contributed by atoms with E-state index in [1.807, 2.05) is 44.2 Å². The number of carbonyl (C=O) groups is 1. The number of rotatable bonds is 4. The van der Waals surface area contributed by atoms with Crippen molar-refractivity contribution in [3.05, 3.63) is 36.1 Å². The van der Waals surface area contributed by atoms with Crippen LogP contribution >= 0.6 is 0 Å². The Morgan fingerprint density at radius 2 is 1.94 bits per heavy atom. The highest BCUT2D eigenvalue weighted by Gasteiger charge is 2.02. The summed E-state index contributed by atoms with van der Waals surface area (Å²) >= 11 is 0. The average Bonchev–Trinajstić information content (AvgIpc) is 2.77. The second kappa shape index (κ2) is 5.35. The van der Waals surface area contributed by atoms with Gasteiger partial charge in [-0.15, -0.1) is 0 Å². The van der Waals surface area contributed by atoms with Crippen LogP contribution in [0.25, 0.3) is 0 Å². The van der Waals surface area contributed by atoms with Gasteiger partial charge in [0.15, 0.2) is 5.82 Å². The molecule has 2 N–H and O–H groups in total. The van der Waals surface area contributed by atoms with Gasteiger partial charge in [0.2, 0.25) is 5.91 Å². The van der Waals surface area contributed by atoms with Crippen molar-refractivity contribution in [2.45, 2.75) is 20.3 Å². The Kier molecular flexibility index (Phi) is 3.62. The van der Waals surface area contributed by atoms with E-state index in [2.05, 4.69) is 15.8 Å². The molecule has 0 atom stereocenters. The van der Waals surface area contributed by atoms with Gasteiger partial charge in [0.25, 0.3) is 0 Å². The molecule has 1 heterocycles. The van der Waals surface area contributed by atoms with Crippen LogP contribution in [0.15, 0.2) is 34.9 Å². The molecule has 5 nitrogen and oxygen atoms in total. The van der Waals surface area contributed by atoms with Crippen LogP contribution in [-0.4, -0.2) is 11.1 Å². The number of hydrogen-bond donors (Lipinski definition) is 2. The largest absolute Gasteiger partial charge is 0.360 e. The molecule has 94 valence electrons. The zero-order chi connectivity index (χ0) is 13.0. The molecule has 2 rings (SSSR count). The summed E-state index contributed by atoms with van der Waals surface area (Å²) < 4.78 is 4.96. The van der Waals surface area contributed by atoms with E-state index in [0.29, 0.717) is 12.2 Å². The van der Waals surface area contributed by atoms with Crippen LogP contribution in [0.1, 0.15) is 19.1 Å². The first-order valence-electron chi connectivity index (χ1n) is 5.77. The molecule has 0 saturated heterocycles. The van der Waals surface area contributed by atoms with Gasteiger partial charge in [-0.05, 0) is 31.2 Å². The van der Waals surface area contributed by atoms with Crippen LogP contribution in [0.2, 0.25) is 0 Å². The van der Waals surface area contributed by atoms with Gasteiger partial charge in [0.1, 0.15) is 5.76 Å². The van der Waals surface area contributed by atoms with Gasteiger partial charge in [0, 0.05) is 23.9 Å². The van der Waals surface area contributed by atoms with Crippen molar-refractivity contribution < 1.29 is 9.32 Å². The van der Waals surface area contributed by atoms with E-state index in [1.54, 1.807) is 0 Å². The summed E-state index contributed by atoms with van der Waals surface area (Å²) in [5.41, 5.74) is 1.67. The molecule has 0 unspecified atom stereocenters. The lowest BCUT2D eigenvalue weighted by Crippen LogP contribution is -2.09. The molecule has 0 radical (unpaired) electrons. The summed E-state index contributed by atoms with van der Waals surface area (Å²) in [6, 6.07) is 9.23. The van der Waals surface area contributed by atoms with E-state index >= 15 is 0 Å². The van der Waals surface area contributed by atoms with Crippen molar-refractivity contribution in [2.24, 2.45) is 0 Å². The number of carbonyl (C=O) groups excluding carboxylic acids is 1. The minimum Gasteiger partial charge on any atom is -0.360 e. The van der Waals surface area contributed by atoms with Crippen LogP contribution in [0, 0.1) is 6.92 Å². The van der Waals surface area contributed by atoms with Gasteiger partial charge in [0.05, 0.1) is 0 Å². The van der Waals surface area contributed by atoms with Gasteiger partial charge in [-0.25, -0.2) is 0 Å². The first-order valence-corrected chi connectivity index (χ1v) is 5.77. The third kappa shape index (κ3) is 3.10. The van der Waals surface area contributed by atoms with E-state index in [1.165, 1.54) is 0 Å². The average molecular weight is 245 g/mol. The molecule has 1 amide bonds. The minimum absolute atomic E-state index is 0.00263. The van der Waals surface area contributed by atoms with Gasteiger partial charge in [-0.3, -0.25) is 4.79 Å². The van der Waals surface area contributed by atoms with Gasteiger partial charge < -0.3 is 15.2 Å². The van der Waals surface area contributed by atoms with Crippen molar-refractivity contribution in [3.63, 3.8) is 0 Å². The monoisotopic (exact) mass is 245 g/mol. The normalized spacial score (nSPS) is 10.1. The predicted octanol–water partition coefficient (Wildman–Crippen LogP) is 3.08. The molecule has 18 heavy (non-hydrogen) atoms. The minimum atomic E-state index is 0.00263. The zero-order valence-electron chi connectivity index (χ0n) is 10.4. The van der Waals surface area contributed by atoms with Gasteiger partial charge in [-0.2, -0.15) is 0 Å².